The third-order valence-electron chi connectivity index (χ3n) is 2.90. The molecule has 0 saturated heterocycles. The van der Waals surface area contributed by atoms with Crippen molar-refractivity contribution in [2.75, 3.05) is 10.6 Å². The van der Waals surface area contributed by atoms with Crippen LogP contribution in [0.15, 0.2) is 30.6 Å². The number of fused-ring (bicyclic) bond motifs is 1. The smallest absolute Gasteiger partial charge is 0.260 e. The van der Waals surface area contributed by atoms with Crippen LogP contribution in [0.4, 0.5) is 10.8 Å². The fraction of sp³-hybridized carbons (Fsp3) is 0.143. The van der Waals surface area contributed by atoms with Crippen molar-refractivity contribution in [1.82, 2.24) is 14.8 Å². The number of amides is 2. The second-order valence-corrected chi connectivity index (χ2v) is 5.77. The summed E-state index contributed by atoms with van der Waals surface area (Å²) >= 11 is 1.35. The lowest BCUT2D eigenvalue weighted by molar-refractivity contribution is -0.114. The number of carbonyl (C=O) groups is 2. The van der Waals surface area contributed by atoms with Gasteiger partial charge in [-0.1, -0.05) is 11.3 Å². The first-order valence-corrected chi connectivity index (χ1v) is 7.31. The molecule has 0 spiro atoms. The normalized spacial score (nSPS) is 10.6. The number of hydrogen-bond acceptors (Lipinski definition) is 5. The van der Waals surface area contributed by atoms with Crippen molar-refractivity contribution in [3.05, 3.63) is 36.2 Å². The average molecular weight is 315 g/mol. The van der Waals surface area contributed by atoms with Crippen LogP contribution >= 0.6 is 11.3 Å². The van der Waals surface area contributed by atoms with Crippen LogP contribution in [-0.4, -0.2) is 26.6 Å². The standard InChI is InChI=1S/C14H13N5O2S/c1-8(20)16-10-3-4-11-12(5-10)22-14(17-11)18-13(21)9-6-15-19(2)7-9/h3-7H,1-2H3,(H,16,20)(H,17,18,21). The number of nitrogens with zero attached hydrogens (tertiary/aromatic N) is 3. The summed E-state index contributed by atoms with van der Waals surface area (Å²) in [4.78, 5) is 27.5. The van der Waals surface area contributed by atoms with Crippen LogP contribution in [0.2, 0.25) is 0 Å². The summed E-state index contributed by atoms with van der Waals surface area (Å²) in [5.74, 6) is -0.386. The van der Waals surface area contributed by atoms with E-state index in [-0.39, 0.29) is 11.8 Å². The van der Waals surface area contributed by atoms with E-state index in [1.54, 1.807) is 30.1 Å². The Morgan fingerprint density at radius 2 is 2.09 bits per heavy atom. The largest absolute Gasteiger partial charge is 0.326 e. The number of anilines is 2. The van der Waals surface area contributed by atoms with Gasteiger partial charge in [0.2, 0.25) is 5.91 Å². The quantitative estimate of drug-likeness (QED) is 0.776. The molecule has 7 nitrogen and oxygen atoms in total. The first-order valence-electron chi connectivity index (χ1n) is 6.49. The fourth-order valence-corrected chi connectivity index (χ4v) is 2.87. The lowest BCUT2D eigenvalue weighted by atomic mass is 10.3. The van der Waals surface area contributed by atoms with Gasteiger partial charge in [0.25, 0.3) is 5.91 Å². The summed E-state index contributed by atoms with van der Waals surface area (Å²) in [6.45, 7) is 1.45. The van der Waals surface area contributed by atoms with E-state index in [2.05, 4.69) is 20.7 Å². The van der Waals surface area contributed by atoms with E-state index in [4.69, 9.17) is 0 Å². The molecule has 0 bridgehead atoms. The van der Waals surface area contributed by atoms with Gasteiger partial charge in [0.05, 0.1) is 22.0 Å². The van der Waals surface area contributed by atoms with Crippen molar-refractivity contribution >= 4 is 44.2 Å². The lowest BCUT2D eigenvalue weighted by Crippen LogP contribution is -2.10. The maximum atomic E-state index is 12.1. The maximum absolute atomic E-state index is 12.1. The summed E-state index contributed by atoms with van der Waals surface area (Å²) in [7, 11) is 1.75. The van der Waals surface area contributed by atoms with Gasteiger partial charge in [0.1, 0.15) is 0 Å². The third kappa shape index (κ3) is 2.96. The van der Waals surface area contributed by atoms with Gasteiger partial charge in [-0.2, -0.15) is 5.10 Å². The van der Waals surface area contributed by atoms with Gasteiger partial charge in [0, 0.05) is 25.9 Å². The molecule has 0 radical (unpaired) electrons. The van der Waals surface area contributed by atoms with Crippen molar-refractivity contribution in [2.45, 2.75) is 6.92 Å². The molecule has 0 atom stereocenters. The molecule has 3 rings (SSSR count). The molecule has 1 aromatic carbocycles. The first-order chi connectivity index (χ1) is 10.5. The highest BCUT2D eigenvalue weighted by Crippen LogP contribution is 2.28. The van der Waals surface area contributed by atoms with Crippen molar-refractivity contribution in [2.24, 2.45) is 7.05 Å². The number of nitrogens with one attached hydrogen (secondary N) is 2. The molecule has 2 heterocycles. The minimum Gasteiger partial charge on any atom is -0.326 e. The molecular weight excluding hydrogens is 302 g/mol. The van der Waals surface area contributed by atoms with Gasteiger partial charge in [-0.05, 0) is 18.2 Å². The monoisotopic (exact) mass is 315 g/mol. The van der Waals surface area contributed by atoms with Crippen LogP contribution in [0.1, 0.15) is 17.3 Å². The Hall–Kier alpha value is -2.74. The highest BCUT2D eigenvalue weighted by molar-refractivity contribution is 7.22. The molecule has 0 unspecified atom stereocenters. The summed E-state index contributed by atoms with van der Waals surface area (Å²) in [6.07, 6.45) is 3.13. The molecule has 22 heavy (non-hydrogen) atoms. The number of hydrogen-bond donors (Lipinski definition) is 2. The third-order valence-corrected chi connectivity index (χ3v) is 3.83. The zero-order valence-electron chi connectivity index (χ0n) is 12.0. The predicted octanol–water partition coefficient (Wildman–Crippen LogP) is 2.24. The molecular formula is C14H13N5O2S. The molecule has 2 aromatic heterocycles. The van der Waals surface area contributed by atoms with Gasteiger partial charge in [-0.3, -0.25) is 19.6 Å². The minimum atomic E-state index is -0.255. The molecule has 2 amide bonds. The summed E-state index contributed by atoms with van der Waals surface area (Å²) in [5, 5.41) is 9.93. The Morgan fingerprint density at radius 3 is 2.77 bits per heavy atom. The van der Waals surface area contributed by atoms with E-state index >= 15 is 0 Å². The van der Waals surface area contributed by atoms with Crippen LogP contribution in [0, 0.1) is 0 Å². The Bertz CT molecular complexity index is 867. The summed E-state index contributed by atoms with van der Waals surface area (Å²) in [6, 6.07) is 5.40. The molecule has 3 aromatic rings. The molecule has 112 valence electrons. The number of rotatable bonds is 3. The van der Waals surface area contributed by atoms with Gasteiger partial charge in [-0.15, -0.1) is 0 Å². The van der Waals surface area contributed by atoms with Gasteiger partial charge in [0.15, 0.2) is 5.13 Å². The SMILES string of the molecule is CC(=O)Nc1ccc2nc(NC(=O)c3cnn(C)c3)sc2c1. The van der Waals surface area contributed by atoms with Crippen LogP contribution in [0.5, 0.6) is 0 Å². The molecule has 8 heteroatoms. The van der Waals surface area contributed by atoms with Gasteiger partial charge < -0.3 is 5.32 Å². The Kier molecular flexibility index (Phi) is 3.60. The van der Waals surface area contributed by atoms with Crippen molar-refractivity contribution in [1.29, 1.82) is 0 Å². The van der Waals surface area contributed by atoms with E-state index in [9.17, 15) is 9.59 Å². The molecule has 0 aliphatic rings. The Morgan fingerprint density at radius 1 is 1.27 bits per heavy atom. The van der Waals surface area contributed by atoms with E-state index in [1.807, 2.05) is 6.07 Å². The number of carbonyl (C=O) groups excluding carboxylic acids is 2. The van der Waals surface area contributed by atoms with Crippen molar-refractivity contribution in [3.63, 3.8) is 0 Å². The number of aromatic nitrogens is 3. The van der Waals surface area contributed by atoms with Crippen LogP contribution in [0.3, 0.4) is 0 Å². The topological polar surface area (TPSA) is 88.9 Å². The van der Waals surface area contributed by atoms with Crippen LogP contribution in [-0.2, 0) is 11.8 Å². The molecule has 0 aliphatic heterocycles. The van der Waals surface area contributed by atoms with E-state index in [1.165, 1.54) is 24.5 Å². The zero-order valence-corrected chi connectivity index (χ0v) is 12.8. The fourth-order valence-electron chi connectivity index (χ4n) is 1.97. The minimum absolute atomic E-state index is 0.131. The van der Waals surface area contributed by atoms with Gasteiger partial charge in [-0.25, -0.2) is 4.98 Å². The number of benzene rings is 1. The summed E-state index contributed by atoms with van der Waals surface area (Å²) in [5.41, 5.74) is 1.94. The van der Waals surface area contributed by atoms with E-state index in [0.717, 1.165) is 10.2 Å². The highest BCUT2D eigenvalue weighted by Gasteiger charge is 2.11. The second-order valence-electron chi connectivity index (χ2n) is 4.74. The second kappa shape index (κ2) is 5.57. The molecule has 0 saturated carbocycles. The van der Waals surface area contributed by atoms with Crippen LogP contribution in [0.25, 0.3) is 10.2 Å². The number of aryl methyl sites for hydroxylation is 1. The Balaban J connectivity index is 1.82. The molecule has 0 fully saturated rings. The zero-order chi connectivity index (χ0) is 15.7. The first kappa shape index (κ1) is 14.2. The molecule has 2 N–H and O–H groups in total. The predicted molar refractivity (Wildman–Crippen MR) is 85.1 cm³/mol. The average Bonchev–Trinajstić information content (AvgIpc) is 3.03. The highest BCUT2D eigenvalue weighted by atomic mass is 32.1. The van der Waals surface area contributed by atoms with E-state index in [0.29, 0.717) is 16.4 Å². The molecule has 0 aliphatic carbocycles. The lowest BCUT2D eigenvalue weighted by Gasteiger charge is -1.99. The summed E-state index contributed by atoms with van der Waals surface area (Å²) < 4.78 is 2.44. The van der Waals surface area contributed by atoms with E-state index < -0.39 is 0 Å². The number of thiazole rings is 1. The van der Waals surface area contributed by atoms with Crippen molar-refractivity contribution in [3.8, 4) is 0 Å². The van der Waals surface area contributed by atoms with Gasteiger partial charge >= 0.3 is 0 Å². The van der Waals surface area contributed by atoms with Crippen molar-refractivity contribution < 1.29 is 9.59 Å². The maximum Gasteiger partial charge on any atom is 0.260 e. The Labute approximate surface area is 130 Å². The van der Waals surface area contributed by atoms with Crippen LogP contribution < -0.4 is 10.6 Å².